The maximum absolute atomic E-state index is 12.3. The topological polar surface area (TPSA) is 131 Å². The van der Waals surface area contributed by atoms with Crippen molar-refractivity contribution in [1.29, 1.82) is 0 Å². The minimum atomic E-state index is -1.19. The summed E-state index contributed by atoms with van der Waals surface area (Å²) in [6, 6.07) is -0.222. The van der Waals surface area contributed by atoms with Gasteiger partial charge in [0.2, 0.25) is 11.2 Å². The Balaban J connectivity index is 2.50. The number of hydrogen-bond acceptors (Lipinski definition) is 7. The molecule has 2 aromatic carbocycles. The SMILES string of the molecule is [2H]c1c(-c2oc3c([2H])c(O)c([2H])c(O)c3c(=O)c2O)ccc(O)c1O. The summed E-state index contributed by atoms with van der Waals surface area (Å²) in [4.78, 5) is 12.3. The Morgan fingerprint density at radius 2 is 1.64 bits per heavy atom. The first-order valence-electron chi connectivity index (χ1n) is 7.39. The Labute approximate surface area is 126 Å². The number of fused-ring (bicyclic) bond motifs is 1. The van der Waals surface area contributed by atoms with Crippen molar-refractivity contribution in [3.8, 4) is 40.1 Å². The minimum absolute atomic E-state index is 0.278. The monoisotopic (exact) mass is 305 g/mol. The molecule has 0 aliphatic heterocycles. The number of hydrogen-bond donors (Lipinski definition) is 5. The number of rotatable bonds is 1. The Morgan fingerprint density at radius 1 is 0.909 bits per heavy atom. The third-order valence-electron chi connectivity index (χ3n) is 2.94. The molecule has 7 nitrogen and oxygen atoms in total. The van der Waals surface area contributed by atoms with Gasteiger partial charge in [-0.15, -0.1) is 0 Å². The Bertz CT molecular complexity index is 1110. The standard InChI is InChI=1S/C15H10O7/c16-7-4-10(19)12-11(5-7)22-15(14(21)13(12)20)6-1-2-8(17)9(18)3-6/h1-5,16-19,21H/i3D,4D,5D. The van der Waals surface area contributed by atoms with E-state index in [-0.39, 0.29) is 5.56 Å². The predicted octanol–water partition coefficient (Wildman–Crippen LogP) is 1.99. The van der Waals surface area contributed by atoms with Gasteiger partial charge in [0.25, 0.3) is 0 Å². The normalized spacial score (nSPS) is 12.8. The van der Waals surface area contributed by atoms with E-state index in [0.717, 1.165) is 12.1 Å². The molecule has 0 saturated carbocycles. The summed E-state index contributed by atoms with van der Waals surface area (Å²) in [6.45, 7) is 0. The van der Waals surface area contributed by atoms with Crippen LogP contribution in [0.15, 0.2) is 39.5 Å². The molecule has 0 atom stereocenters. The smallest absolute Gasteiger partial charge is 0.238 e. The minimum Gasteiger partial charge on any atom is -0.508 e. The van der Waals surface area contributed by atoms with Crippen LogP contribution < -0.4 is 5.43 Å². The molecule has 1 heterocycles. The van der Waals surface area contributed by atoms with Gasteiger partial charge in [-0.25, -0.2) is 0 Å². The highest BCUT2D eigenvalue weighted by Crippen LogP contribution is 2.37. The van der Waals surface area contributed by atoms with E-state index in [4.69, 9.17) is 8.53 Å². The largest absolute Gasteiger partial charge is 0.508 e. The van der Waals surface area contributed by atoms with Crippen LogP contribution in [-0.4, -0.2) is 25.5 Å². The highest BCUT2D eigenvalue weighted by molar-refractivity contribution is 5.88. The highest BCUT2D eigenvalue weighted by atomic mass is 16.4. The highest BCUT2D eigenvalue weighted by Gasteiger charge is 2.19. The van der Waals surface area contributed by atoms with Crippen LogP contribution in [0.25, 0.3) is 22.3 Å². The summed E-state index contributed by atoms with van der Waals surface area (Å²) >= 11 is 0. The lowest BCUT2D eigenvalue weighted by Gasteiger charge is -2.08. The van der Waals surface area contributed by atoms with Crippen molar-refractivity contribution in [3.05, 3.63) is 40.5 Å². The second-order valence-corrected chi connectivity index (χ2v) is 4.37. The van der Waals surface area contributed by atoms with Crippen molar-refractivity contribution >= 4 is 11.0 Å². The molecule has 0 aliphatic carbocycles. The van der Waals surface area contributed by atoms with E-state index in [1.807, 2.05) is 0 Å². The second kappa shape index (κ2) is 4.59. The molecule has 0 amide bonds. The fraction of sp³-hybridized carbons (Fsp3) is 0. The molecule has 3 aromatic rings. The van der Waals surface area contributed by atoms with Crippen molar-refractivity contribution in [3.63, 3.8) is 0 Å². The first-order valence-corrected chi connectivity index (χ1v) is 5.89. The van der Waals surface area contributed by atoms with E-state index in [2.05, 4.69) is 0 Å². The van der Waals surface area contributed by atoms with Gasteiger partial charge >= 0.3 is 0 Å². The van der Waals surface area contributed by atoms with Crippen LogP contribution in [0.5, 0.6) is 28.7 Å². The molecule has 0 spiro atoms. The summed E-state index contributed by atoms with van der Waals surface area (Å²) in [5.74, 6) is -4.98. The Morgan fingerprint density at radius 3 is 2.36 bits per heavy atom. The Kier molecular flexibility index (Phi) is 2.17. The van der Waals surface area contributed by atoms with Crippen LogP contribution in [-0.2, 0) is 0 Å². The van der Waals surface area contributed by atoms with Crippen LogP contribution in [0.1, 0.15) is 4.11 Å². The zero-order chi connectivity index (χ0) is 18.6. The molecular formula is C15H10O7. The van der Waals surface area contributed by atoms with Crippen LogP contribution in [0.4, 0.5) is 0 Å². The zero-order valence-corrected chi connectivity index (χ0v) is 10.7. The van der Waals surface area contributed by atoms with Gasteiger partial charge in [0.05, 0.1) is 4.11 Å². The Hall–Kier alpha value is -3.35. The summed E-state index contributed by atoms with van der Waals surface area (Å²) < 4.78 is 28.2. The molecular weight excluding hydrogens is 292 g/mol. The van der Waals surface area contributed by atoms with Crippen molar-refractivity contribution < 1.29 is 34.1 Å². The fourth-order valence-electron chi connectivity index (χ4n) is 1.93. The van der Waals surface area contributed by atoms with Gasteiger partial charge < -0.3 is 29.9 Å². The van der Waals surface area contributed by atoms with Crippen molar-refractivity contribution in [2.75, 3.05) is 0 Å². The van der Waals surface area contributed by atoms with E-state index in [1.54, 1.807) is 0 Å². The van der Waals surface area contributed by atoms with Gasteiger partial charge in [-0.1, -0.05) is 0 Å². The van der Waals surface area contributed by atoms with Crippen LogP contribution in [0, 0.1) is 0 Å². The number of phenolic OH excluding ortho intramolecular Hbond substituents is 4. The van der Waals surface area contributed by atoms with Gasteiger partial charge in [0, 0.05) is 17.6 Å². The van der Waals surface area contributed by atoms with Crippen LogP contribution in [0.3, 0.4) is 0 Å². The van der Waals surface area contributed by atoms with Crippen molar-refractivity contribution in [2.24, 2.45) is 0 Å². The molecule has 5 N–H and O–H groups in total. The lowest BCUT2D eigenvalue weighted by atomic mass is 10.1. The molecule has 0 unspecified atom stereocenters. The molecule has 0 aliphatic rings. The molecule has 1 aromatic heterocycles. The summed E-state index contributed by atoms with van der Waals surface area (Å²) in [6.07, 6.45) is 0. The molecule has 0 radical (unpaired) electrons. The third kappa shape index (κ3) is 1.96. The molecule has 3 rings (SSSR count). The van der Waals surface area contributed by atoms with E-state index in [9.17, 15) is 30.3 Å². The maximum Gasteiger partial charge on any atom is 0.238 e. The number of aromatic hydroxyl groups is 5. The lowest BCUT2D eigenvalue weighted by Crippen LogP contribution is -2.02. The quantitative estimate of drug-likeness (QED) is 0.434. The van der Waals surface area contributed by atoms with Gasteiger partial charge in [-0.05, 0) is 18.2 Å². The van der Waals surface area contributed by atoms with E-state index >= 15 is 0 Å². The second-order valence-electron chi connectivity index (χ2n) is 4.37. The van der Waals surface area contributed by atoms with Gasteiger partial charge in [0.1, 0.15) is 22.5 Å². The summed E-state index contributed by atoms with van der Waals surface area (Å²) in [5, 5.41) is 47.9. The molecule has 0 fully saturated rings. The molecule has 22 heavy (non-hydrogen) atoms. The first kappa shape index (κ1) is 10.4. The lowest BCUT2D eigenvalue weighted by molar-refractivity contribution is 0.403. The number of phenols is 4. The van der Waals surface area contributed by atoms with E-state index < -0.39 is 69.0 Å². The molecule has 0 saturated heterocycles. The number of benzene rings is 2. The fourth-order valence-corrected chi connectivity index (χ4v) is 1.93. The third-order valence-corrected chi connectivity index (χ3v) is 2.94. The molecule has 112 valence electrons. The average Bonchev–Trinajstić information content (AvgIpc) is 2.59. The summed E-state index contributed by atoms with van der Waals surface area (Å²) in [5.41, 5.74) is -2.08. The summed E-state index contributed by atoms with van der Waals surface area (Å²) in [7, 11) is 0. The molecule has 0 bridgehead atoms. The van der Waals surface area contributed by atoms with Gasteiger partial charge in [-0.3, -0.25) is 4.79 Å². The first-order chi connectivity index (χ1) is 11.7. The van der Waals surface area contributed by atoms with Crippen LogP contribution in [0.2, 0.25) is 0 Å². The van der Waals surface area contributed by atoms with E-state index in [1.165, 1.54) is 0 Å². The van der Waals surface area contributed by atoms with Gasteiger partial charge in [-0.2, -0.15) is 0 Å². The maximum atomic E-state index is 12.3. The zero-order valence-electron chi connectivity index (χ0n) is 13.7. The predicted molar refractivity (Wildman–Crippen MR) is 76.2 cm³/mol. The van der Waals surface area contributed by atoms with Gasteiger partial charge in [0.15, 0.2) is 17.3 Å². The van der Waals surface area contributed by atoms with E-state index in [0.29, 0.717) is 0 Å². The van der Waals surface area contributed by atoms with Crippen molar-refractivity contribution in [2.45, 2.75) is 0 Å². The van der Waals surface area contributed by atoms with Crippen molar-refractivity contribution in [1.82, 2.24) is 0 Å². The van der Waals surface area contributed by atoms with Crippen LogP contribution >= 0.6 is 0 Å². The molecule has 7 heteroatoms. The average molecular weight is 305 g/mol.